The second kappa shape index (κ2) is 6.34. The molecule has 0 aliphatic carbocycles. The average molecular weight is 273 g/mol. The third-order valence-corrected chi connectivity index (χ3v) is 3.38. The van der Waals surface area contributed by atoms with Crippen LogP contribution < -0.4 is 5.32 Å². The van der Waals surface area contributed by atoms with Crippen LogP contribution in [0.1, 0.15) is 24.2 Å². The van der Waals surface area contributed by atoms with Gasteiger partial charge in [-0.25, -0.2) is 4.98 Å². The first-order valence-corrected chi connectivity index (χ1v) is 6.63. The second-order valence-corrected chi connectivity index (χ2v) is 4.92. The highest BCUT2D eigenvalue weighted by atomic mass is 16.3. The molecule has 2 rings (SSSR count). The van der Waals surface area contributed by atoms with E-state index in [1.54, 1.807) is 18.3 Å². The summed E-state index contributed by atoms with van der Waals surface area (Å²) in [5.41, 5.74) is 0.512. The molecule has 0 aliphatic heterocycles. The zero-order valence-electron chi connectivity index (χ0n) is 11.7. The molecule has 2 unspecified atom stereocenters. The van der Waals surface area contributed by atoms with Crippen molar-refractivity contribution in [2.75, 3.05) is 6.61 Å². The van der Waals surface area contributed by atoms with Gasteiger partial charge in [-0.3, -0.25) is 4.79 Å². The summed E-state index contributed by atoms with van der Waals surface area (Å²) in [5, 5.41) is 11.9. The van der Waals surface area contributed by atoms with Crippen molar-refractivity contribution >= 4 is 5.91 Å². The predicted octanol–water partition coefficient (Wildman–Crippen LogP) is 1.62. The Morgan fingerprint density at radius 2 is 2.05 bits per heavy atom. The van der Waals surface area contributed by atoms with Crippen molar-refractivity contribution in [2.24, 2.45) is 5.92 Å². The fourth-order valence-electron chi connectivity index (χ4n) is 1.75. The van der Waals surface area contributed by atoms with Gasteiger partial charge in [0.1, 0.15) is 5.82 Å². The molecule has 0 saturated heterocycles. The maximum Gasteiger partial charge on any atom is 0.253 e. The molecule has 2 aromatic rings. The number of aliphatic hydroxyl groups excluding tert-OH is 1. The lowest BCUT2D eigenvalue weighted by molar-refractivity contribution is 0.0916. The van der Waals surface area contributed by atoms with Crippen molar-refractivity contribution in [3.8, 4) is 5.82 Å². The maximum absolute atomic E-state index is 12.0. The number of pyridine rings is 1. The van der Waals surface area contributed by atoms with Gasteiger partial charge in [0.2, 0.25) is 0 Å². The van der Waals surface area contributed by atoms with E-state index in [0.717, 1.165) is 5.82 Å². The molecule has 2 atom stereocenters. The van der Waals surface area contributed by atoms with E-state index in [0.29, 0.717) is 5.56 Å². The molecule has 5 nitrogen and oxygen atoms in total. The second-order valence-electron chi connectivity index (χ2n) is 4.92. The Kier molecular flexibility index (Phi) is 4.53. The van der Waals surface area contributed by atoms with Crippen molar-refractivity contribution in [1.29, 1.82) is 0 Å². The standard InChI is InChI=1S/C15H19N3O2/c1-11(10-19)12(2)17-15(20)13-5-6-14(16-9-13)18-7-3-4-8-18/h3-9,11-12,19H,10H2,1-2H3,(H,17,20). The van der Waals surface area contributed by atoms with Crippen LogP contribution in [0.2, 0.25) is 0 Å². The quantitative estimate of drug-likeness (QED) is 0.870. The van der Waals surface area contributed by atoms with Crippen molar-refractivity contribution in [1.82, 2.24) is 14.9 Å². The molecule has 0 radical (unpaired) electrons. The monoisotopic (exact) mass is 273 g/mol. The van der Waals surface area contributed by atoms with Crippen LogP contribution in [0.25, 0.3) is 5.82 Å². The highest BCUT2D eigenvalue weighted by Gasteiger charge is 2.15. The molecular weight excluding hydrogens is 254 g/mol. The molecule has 0 aliphatic rings. The first-order valence-electron chi connectivity index (χ1n) is 6.63. The number of amides is 1. The molecule has 0 fully saturated rings. The predicted molar refractivity (Wildman–Crippen MR) is 76.7 cm³/mol. The molecule has 2 aromatic heterocycles. The number of aliphatic hydroxyl groups is 1. The van der Waals surface area contributed by atoms with Crippen LogP contribution in [0, 0.1) is 5.92 Å². The fraction of sp³-hybridized carbons (Fsp3) is 0.333. The number of rotatable bonds is 5. The Morgan fingerprint density at radius 1 is 1.35 bits per heavy atom. The molecule has 20 heavy (non-hydrogen) atoms. The largest absolute Gasteiger partial charge is 0.396 e. The van der Waals surface area contributed by atoms with Crippen LogP contribution >= 0.6 is 0 Å². The van der Waals surface area contributed by atoms with Gasteiger partial charge in [-0.05, 0) is 37.1 Å². The lowest BCUT2D eigenvalue weighted by Gasteiger charge is -2.19. The summed E-state index contributed by atoms with van der Waals surface area (Å²) in [7, 11) is 0. The fourth-order valence-corrected chi connectivity index (χ4v) is 1.75. The van der Waals surface area contributed by atoms with E-state index < -0.39 is 0 Å². The van der Waals surface area contributed by atoms with Crippen molar-refractivity contribution < 1.29 is 9.90 Å². The van der Waals surface area contributed by atoms with Gasteiger partial charge < -0.3 is 15.0 Å². The van der Waals surface area contributed by atoms with E-state index in [-0.39, 0.29) is 24.5 Å². The van der Waals surface area contributed by atoms with Crippen molar-refractivity contribution in [2.45, 2.75) is 19.9 Å². The molecule has 5 heteroatoms. The van der Waals surface area contributed by atoms with Crippen LogP contribution in [0.15, 0.2) is 42.9 Å². The SMILES string of the molecule is CC(CO)C(C)NC(=O)c1ccc(-n2cccc2)nc1. The van der Waals surface area contributed by atoms with Gasteiger partial charge in [0.05, 0.1) is 5.56 Å². The van der Waals surface area contributed by atoms with E-state index in [9.17, 15) is 4.79 Å². The molecule has 0 bridgehead atoms. The summed E-state index contributed by atoms with van der Waals surface area (Å²) >= 11 is 0. The van der Waals surface area contributed by atoms with Crippen LogP contribution in [0.5, 0.6) is 0 Å². The van der Waals surface area contributed by atoms with Crippen molar-refractivity contribution in [3.63, 3.8) is 0 Å². The van der Waals surface area contributed by atoms with E-state index >= 15 is 0 Å². The Bertz CT molecular complexity index is 549. The number of carbonyl (C=O) groups is 1. The Hall–Kier alpha value is -2.14. The summed E-state index contributed by atoms with van der Waals surface area (Å²) in [6, 6.07) is 7.29. The third kappa shape index (κ3) is 3.24. The summed E-state index contributed by atoms with van der Waals surface area (Å²) in [6.07, 6.45) is 5.35. The first kappa shape index (κ1) is 14.3. The zero-order chi connectivity index (χ0) is 14.5. The highest BCUT2D eigenvalue weighted by molar-refractivity contribution is 5.94. The minimum atomic E-state index is -0.177. The zero-order valence-corrected chi connectivity index (χ0v) is 11.7. The van der Waals surface area contributed by atoms with Gasteiger partial charge in [-0.15, -0.1) is 0 Å². The summed E-state index contributed by atoms with van der Waals surface area (Å²) in [5.74, 6) is 0.610. The van der Waals surface area contributed by atoms with Gasteiger partial charge in [-0.2, -0.15) is 0 Å². The smallest absolute Gasteiger partial charge is 0.253 e. The van der Waals surface area contributed by atoms with Crippen molar-refractivity contribution in [3.05, 3.63) is 48.4 Å². The summed E-state index contributed by atoms with van der Waals surface area (Å²) in [6.45, 7) is 3.81. The molecule has 2 heterocycles. The average Bonchev–Trinajstić information content (AvgIpc) is 3.00. The summed E-state index contributed by atoms with van der Waals surface area (Å²) < 4.78 is 1.87. The molecular formula is C15H19N3O2. The van der Waals surface area contributed by atoms with Crippen LogP contribution in [0.4, 0.5) is 0 Å². The van der Waals surface area contributed by atoms with E-state index in [4.69, 9.17) is 5.11 Å². The molecule has 0 aromatic carbocycles. The minimum Gasteiger partial charge on any atom is -0.396 e. The van der Waals surface area contributed by atoms with Gasteiger partial charge in [0.15, 0.2) is 0 Å². The van der Waals surface area contributed by atoms with Gasteiger partial charge >= 0.3 is 0 Å². The number of hydrogen-bond donors (Lipinski definition) is 2. The Balaban J connectivity index is 2.04. The highest BCUT2D eigenvalue weighted by Crippen LogP contribution is 2.08. The number of nitrogens with zero attached hydrogens (tertiary/aromatic N) is 2. The number of nitrogens with one attached hydrogen (secondary N) is 1. The van der Waals surface area contributed by atoms with Gasteiger partial charge in [0, 0.05) is 31.2 Å². The Labute approximate surface area is 118 Å². The molecule has 1 amide bonds. The van der Waals surface area contributed by atoms with E-state index in [1.165, 1.54) is 0 Å². The molecule has 2 N–H and O–H groups in total. The van der Waals surface area contributed by atoms with E-state index in [2.05, 4.69) is 10.3 Å². The number of carbonyl (C=O) groups excluding carboxylic acids is 1. The number of hydrogen-bond acceptors (Lipinski definition) is 3. The number of aromatic nitrogens is 2. The van der Waals surface area contributed by atoms with Crippen LogP contribution in [-0.4, -0.2) is 33.2 Å². The van der Waals surface area contributed by atoms with Gasteiger partial charge in [-0.1, -0.05) is 6.92 Å². The molecule has 106 valence electrons. The topological polar surface area (TPSA) is 67.2 Å². The Morgan fingerprint density at radius 3 is 2.60 bits per heavy atom. The van der Waals surface area contributed by atoms with Gasteiger partial charge in [0.25, 0.3) is 5.91 Å². The first-order chi connectivity index (χ1) is 9.61. The lowest BCUT2D eigenvalue weighted by atomic mass is 10.0. The van der Waals surface area contributed by atoms with E-state index in [1.807, 2.05) is 42.9 Å². The minimum absolute atomic E-state index is 0.0195. The molecule has 0 saturated carbocycles. The third-order valence-electron chi connectivity index (χ3n) is 3.38. The van der Waals surface area contributed by atoms with Crippen LogP contribution in [-0.2, 0) is 0 Å². The summed E-state index contributed by atoms with van der Waals surface area (Å²) in [4.78, 5) is 16.3. The maximum atomic E-state index is 12.0. The van der Waals surface area contributed by atoms with Crippen LogP contribution in [0.3, 0.4) is 0 Å². The normalized spacial score (nSPS) is 13.8. The molecule has 0 spiro atoms. The lowest BCUT2D eigenvalue weighted by Crippen LogP contribution is -2.38.